The minimum atomic E-state index is -0.309. The van der Waals surface area contributed by atoms with Gasteiger partial charge < -0.3 is 5.32 Å². The molecule has 4 aromatic rings. The van der Waals surface area contributed by atoms with Gasteiger partial charge in [-0.25, -0.2) is 4.39 Å². The van der Waals surface area contributed by atoms with Gasteiger partial charge in [-0.2, -0.15) is 0 Å². The van der Waals surface area contributed by atoms with Gasteiger partial charge >= 0.3 is 0 Å². The number of aromatic nitrogens is 3. The van der Waals surface area contributed by atoms with Crippen molar-refractivity contribution in [1.29, 1.82) is 0 Å². The van der Waals surface area contributed by atoms with E-state index in [2.05, 4.69) is 15.5 Å². The fraction of sp³-hybridized carbons (Fsp3) is 0.125. The first kappa shape index (κ1) is 20.8. The number of thioether (sulfide) groups is 1. The largest absolute Gasteiger partial charge is 0.351 e. The standard InChI is InChI=1S/C24H21FN4OS/c25-20-11-13-21(14-12-20)29-22(15-18-7-3-1-4-8-18)27-28-24(29)31-17-23(30)26-16-19-9-5-2-6-10-19/h1-14H,15-17H2,(H,26,30). The first-order valence-electron chi connectivity index (χ1n) is 9.86. The van der Waals surface area contributed by atoms with Gasteiger partial charge in [0, 0.05) is 18.7 Å². The first-order valence-corrected chi connectivity index (χ1v) is 10.9. The number of hydrogen-bond donors (Lipinski definition) is 1. The summed E-state index contributed by atoms with van der Waals surface area (Å²) in [4.78, 5) is 12.3. The Hall–Kier alpha value is -3.45. The van der Waals surface area contributed by atoms with Crippen LogP contribution >= 0.6 is 11.8 Å². The van der Waals surface area contributed by atoms with Crippen molar-refractivity contribution in [2.24, 2.45) is 0 Å². The molecule has 4 rings (SSSR count). The van der Waals surface area contributed by atoms with Gasteiger partial charge in [-0.1, -0.05) is 72.4 Å². The Morgan fingerprint density at radius 1 is 0.871 bits per heavy atom. The van der Waals surface area contributed by atoms with Crippen molar-refractivity contribution in [3.8, 4) is 5.69 Å². The quantitative estimate of drug-likeness (QED) is 0.419. The Morgan fingerprint density at radius 3 is 2.19 bits per heavy atom. The molecule has 1 heterocycles. The van der Waals surface area contributed by atoms with Gasteiger partial charge in [0.2, 0.25) is 5.91 Å². The number of halogens is 1. The molecule has 1 N–H and O–H groups in total. The summed E-state index contributed by atoms with van der Waals surface area (Å²) in [6.07, 6.45) is 0.575. The lowest BCUT2D eigenvalue weighted by Crippen LogP contribution is -2.24. The average molecular weight is 433 g/mol. The Labute approximate surface area is 184 Å². The van der Waals surface area contributed by atoms with E-state index in [1.165, 1.54) is 23.9 Å². The molecule has 1 aromatic heterocycles. The number of nitrogens with zero attached hydrogens (tertiary/aromatic N) is 3. The Kier molecular flexibility index (Phi) is 6.74. The molecule has 0 aliphatic heterocycles. The molecule has 0 bridgehead atoms. The first-order chi connectivity index (χ1) is 15.2. The Morgan fingerprint density at radius 2 is 1.52 bits per heavy atom. The molecule has 0 atom stereocenters. The smallest absolute Gasteiger partial charge is 0.230 e. The topological polar surface area (TPSA) is 59.8 Å². The van der Waals surface area contributed by atoms with Crippen LogP contribution in [0.2, 0.25) is 0 Å². The maximum absolute atomic E-state index is 13.5. The number of nitrogens with one attached hydrogen (secondary N) is 1. The van der Waals surface area contributed by atoms with E-state index in [1.54, 1.807) is 12.1 Å². The van der Waals surface area contributed by atoms with E-state index in [-0.39, 0.29) is 17.5 Å². The summed E-state index contributed by atoms with van der Waals surface area (Å²) in [6, 6.07) is 25.9. The lowest BCUT2D eigenvalue weighted by Gasteiger charge is -2.11. The molecule has 0 saturated carbocycles. The molecule has 0 radical (unpaired) electrons. The predicted octanol–water partition coefficient (Wildman–Crippen LogP) is 4.41. The summed E-state index contributed by atoms with van der Waals surface area (Å²) < 4.78 is 15.3. The van der Waals surface area contributed by atoms with Crippen LogP contribution in [-0.2, 0) is 17.8 Å². The number of amides is 1. The zero-order valence-electron chi connectivity index (χ0n) is 16.7. The molecule has 156 valence electrons. The van der Waals surface area contributed by atoms with Crippen molar-refractivity contribution in [3.63, 3.8) is 0 Å². The molecule has 3 aromatic carbocycles. The van der Waals surface area contributed by atoms with Crippen LogP contribution in [0.4, 0.5) is 4.39 Å². The Balaban J connectivity index is 1.50. The van der Waals surface area contributed by atoms with E-state index >= 15 is 0 Å². The lowest BCUT2D eigenvalue weighted by atomic mass is 10.1. The van der Waals surface area contributed by atoms with Crippen LogP contribution in [0.15, 0.2) is 90.1 Å². The summed E-state index contributed by atoms with van der Waals surface area (Å²) in [5, 5.41) is 12.2. The van der Waals surface area contributed by atoms with E-state index in [1.807, 2.05) is 65.2 Å². The van der Waals surface area contributed by atoms with Crippen LogP contribution in [0.3, 0.4) is 0 Å². The molecule has 1 amide bonds. The molecule has 0 fully saturated rings. The molecule has 0 spiro atoms. The summed E-state index contributed by atoms with van der Waals surface area (Å²) in [5.74, 6) is 0.533. The lowest BCUT2D eigenvalue weighted by molar-refractivity contribution is -0.118. The number of rotatable bonds is 8. The minimum absolute atomic E-state index is 0.0906. The molecule has 5 nitrogen and oxygen atoms in total. The fourth-order valence-corrected chi connectivity index (χ4v) is 3.91. The highest BCUT2D eigenvalue weighted by Crippen LogP contribution is 2.23. The molecule has 0 unspecified atom stereocenters. The average Bonchev–Trinajstić information content (AvgIpc) is 3.20. The van der Waals surface area contributed by atoms with Crippen molar-refractivity contribution >= 4 is 17.7 Å². The second-order valence-electron chi connectivity index (χ2n) is 6.92. The maximum Gasteiger partial charge on any atom is 0.230 e. The Bertz CT molecular complexity index is 1130. The van der Waals surface area contributed by atoms with Crippen LogP contribution in [0, 0.1) is 5.82 Å². The van der Waals surface area contributed by atoms with Gasteiger partial charge in [-0.3, -0.25) is 9.36 Å². The zero-order valence-corrected chi connectivity index (χ0v) is 17.6. The van der Waals surface area contributed by atoms with Gasteiger partial charge in [0.15, 0.2) is 5.16 Å². The summed E-state index contributed by atoms with van der Waals surface area (Å²) in [5.41, 5.74) is 2.89. The number of carbonyl (C=O) groups is 1. The second-order valence-corrected chi connectivity index (χ2v) is 7.87. The van der Waals surface area contributed by atoms with E-state index in [0.717, 1.165) is 22.6 Å². The van der Waals surface area contributed by atoms with E-state index < -0.39 is 0 Å². The summed E-state index contributed by atoms with van der Waals surface area (Å²) >= 11 is 1.30. The van der Waals surface area contributed by atoms with Crippen molar-refractivity contribution in [2.75, 3.05) is 5.75 Å². The van der Waals surface area contributed by atoms with E-state index in [4.69, 9.17) is 0 Å². The van der Waals surface area contributed by atoms with Gasteiger partial charge in [0.1, 0.15) is 11.6 Å². The second kappa shape index (κ2) is 10.0. The number of benzene rings is 3. The monoisotopic (exact) mass is 432 g/mol. The fourth-order valence-electron chi connectivity index (χ4n) is 3.11. The van der Waals surface area contributed by atoms with Crippen molar-refractivity contribution in [2.45, 2.75) is 18.1 Å². The summed E-state index contributed by atoms with van der Waals surface area (Å²) in [7, 11) is 0. The SMILES string of the molecule is O=C(CSc1nnc(Cc2ccccc2)n1-c1ccc(F)cc1)NCc1ccccc1. The number of carbonyl (C=O) groups excluding carboxylic acids is 1. The molecular formula is C24H21FN4OS. The minimum Gasteiger partial charge on any atom is -0.351 e. The predicted molar refractivity (Wildman–Crippen MR) is 120 cm³/mol. The molecule has 0 aliphatic carbocycles. The normalized spacial score (nSPS) is 10.7. The van der Waals surface area contributed by atoms with Crippen molar-refractivity contribution in [1.82, 2.24) is 20.1 Å². The highest BCUT2D eigenvalue weighted by Gasteiger charge is 2.16. The van der Waals surface area contributed by atoms with Crippen LogP contribution in [0.25, 0.3) is 5.69 Å². The number of hydrogen-bond acceptors (Lipinski definition) is 4. The molecule has 31 heavy (non-hydrogen) atoms. The van der Waals surface area contributed by atoms with Crippen LogP contribution < -0.4 is 5.32 Å². The van der Waals surface area contributed by atoms with Crippen LogP contribution in [0.5, 0.6) is 0 Å². The molecular weight excluding hydrogens is 411 g/mol. The van der Waals surface area contributed by atoms with Gasteiger partial charge in [0.05, 0.1) is 5.75 Å². The molecule has 7 heteroatoms. The van der Waals surface area contributed by atoms with E-state index in [0.29, 0.717) is 18.1 Å². The highest BCUT2D eigenvalue weighted by atomic mass is 32.2. The van der Waals surface area contributed by atoms with Gasteiger partial charge in [-0.05, 0) is 35.4 Å². The molecule has 0 saturated heterocycles. The third kappa shape index (κ3) is 5.58. The van der Waals surface area contributed by atoms with Crippen molar-refractivity contribution < 1.29 is 9.18 Å². The van der Waals surface area contributed by atoms with Crippen molar-refractivity contribution in [3.05, 3.63) is 108 Å². The third-order valence-corrected chi connectivity index (χ3v) is 5.58. The maximum atomic E-state index is 13.5. The third-order valence-electron chi connectivity index (χ3n) is 4.66. The zero-order chi connectivity index (χ0) is 21.5. The highest BCUT2D eigenvalue weighted by molar-refractivity contribution is 7.99. The van der Waals surface area contributed by atoms with Crippen LogP contribution in [-0.4, -0.2) is 26.4 Å². The summed E-state index contributed by atoms with van der Waals surface area (Å²) in [6.45, 7) is 0.476. The van der Waals surface area contributed by atoms with E-state index in [9.17, 15) is 9.18 Å². The van der Waals surface area contributed by atoms with Crippen LogP contribution in [0.1, 0.15) is 17.0 Å². The van der Waals surface area contributed by atoms with Gasteiger partial charge in [-0.15, -0.1) is 10.2 Å². The molecule has 0 aliphatic rings. The van der Waals surface area contributed by atoms with Gasteiger partial charge in [0.25, 0.3) is 0 Å².